The second-order valence-corrected chi connectivity index (χ2v) is 3.34. The highest BCUT2D eigenvalue weighted by Gasteiger charge is 2.05. The van der Waals surface area contributed by atoms with Crippen molar-refractivity contribution in [1.29, 1.82) is 0 Å². The summed E-state index contributed by atoms with van der Waals surface area (Å²) in [5.41, 5.74) is 1.31. The predicted octanol–water partition coefficient (Wildman–Crippen LogP) is 0.171. The van der Waals surface area contributed by atoms with Gasteiger partial charge in [0.2, 0.25) is 0 Å². The van der Waals surface area contributed by atoms with Crippen LogP contribution < -0.4 is 10.6 Å². The van der Waals surface area contributed by atoms with Crippen LogP contribution in [0.5, 0.6) is 0 Å². The van der Waals surface area contributed by atoms with E-state index in [2.05, 4.69) is 31.0 Å². The summed E-state index contributed by atoms with van der Waals surface area (Å²) in [6, 6.07) is 3.32. The van der Waals surface area contributed by atoms with Gasteiger partial charge in [0.1, 0.15) is 5.82 Å². The number of amides is 1. The molecule has 0 unspecified atom stereocenters. The molecule has 2 aromatic rings. The molecule has 88 valence electrons. The summed E-state index contributed by atoms with van der Waals surface area (Å²) in [7, 11) is 1.55. The summed E-state index contributed by atoms with van der Waals surface area (Å²) in [6.07, 6.45) is 3.51. The van der Waals surface area contributed by atoms with E-state index in [-0.39, 0.29) is 5.91 Å². The number of hydrogen-bond donors (Lipinski definition) is 3. The first-order chi connectivity index (χ1) is 8.29. The van der Waals surface area contributed by atoms with Crippen molar-refractivity contribution >= 4 is 11.7 Å². The molecule has 0 saturated carbocycles. The number of carbonyl (C=O) groups excluding carboxylic acids is 1. The first kappa shape index (κ1) is 11.1. The first-order valence-corrected chi connectivity index (χ1v) is 5.07. The Labute approximate surface area is 97.6 Å². The van der Waals surface area contributed by atoms with Crippen LogP contribution >= 0.6 is 0 Å². The summed E-state index contributed by atoms with van der Waals surface area (Å²) in [4.78, 5) is 11.2. The van der Waals surface area contributed by atoms with E-state index in [0.717, 1.165) is 5.56 Å². The Morgan fingerprint density at radius 1 is 1.41 bits per heavy atom. The van der Waals surface area contributed by atoms with Crippen molar-refractivity contribution in [3.05, 3.63) is 35.8 Å². The smallest absolute Gasteiger partial charge is 0.271 e. The lowest BCUT2D eigenvalue weighted by Crippen LogP contribution is -2.19. The van der Waals surface area contributed by atoms with Crippen LogP contribution in [0.4, 0.5) is 5.82 Å². The molecule has 17 heavy (non-hydrogen) atoms. The van der Waals surface area contributed by atoms with Crippen molar-refractivity contribution in [2.24, 2.45) is 0 Å². The van der Waals surface area contributed by atoms with Gasteiger partial charge in [-0.2, -0.15) is 5.10 Å². The maximum Gasteiger partial charge on any atom is 0.271 e. The maximum absolute atomic E-state index is 11.2. The van der Waals surface area contributed by atoms with Gasteiger partial charge in [-0.25, -0.2) is 0 Å². The molecule has 0 aliphatic heterocycles. The fourth-order valence-electron chi connectivity index (χ4n) is 1.24. The second kappa shape index (κ2) is 5.06. The van der Waals surface area contributed by atoms with Crippen molar-refractivity contribution in [2.75, 3.05) is 12.4 Å². The molecule has 0 aliphatic carbocycles. The molecule has 7 nitrogen and oxygen atoms in total. The Balaban J connectivity index is 1.96. The van der Waals surface area contributed by atoms with Crippen LogP contribution in [0.15, 0.2) is 24.5 Å². The van der Waals surface area contributed by atoms with E-state index in [1.165, 1.54) is 0 Å². The van der Waals surface area contributed by atoms with E-state index >= 15 is 0 Å². The molecule has 0 atom stereocenters. The van der Waals surface area contributed by atoms with Crippen LogP contribution in [0.2, 0.25) is 0 Å². The van der Waals surface area contributed by atoms with Crippen molar-refractivity contribution < 1.29 is 4.79 Å². The van der Waals surface area contributed by atoms with Gasteiger partial charge in [0.05, 0.1) is 6.20 Å². The van der Waals surface area contributed by atoms with Gasteiger partial charge in [0.15, 0.2) is 5.69 Å². The zero-order valence-electron chi connectivity index (χ0n) is 9.27. The monoisotopic (exact) mass is 232 g/mol. The third kappa shape index (κ3) is 2.77. The van der Waals surface area contributed by atoms with Crippen LogP contribution in [-0.2, 0) is 6.54 Å². The molecule has 3 N–H and O–H groups in total. The third-order valence-electron chi connectivity index (χ3n) is 2.15. The molecule has 1 amide bonds. The van der Waals surface area contributed by atoms with Gasteiger partial charge < -0.3 is 10.6 Å². The zero-order valence-corrected chi connectivity index (χ0v) is 9.27. The zero-order chi connectivity index (χ0) is 12.1. The van der Waals surface area contributed by atoms with E-state index in [4.69, 9.17) is 0 Å². The molecule has 2 heterocycles. The van der Waals surface area contributed by atoms with Crippen LogP contribution in [-0.4, -0.2) is 33.3 Å². The summed E-state index contributed by atoms with van der Waals surface area (Å²) >= 11 is 0. The lowest BCUT2D eigenvalue weighted by atomic mass is 10.3. The van der Waals surface area contributed by atoms with E-state index in [1.807, 2.05) is 0 Å². The summed E-state index contributed by atoms with van der Waals surface area (Å²) in [5.74, 6) is 0.359. The molecule has 0 saturated heterocycles. The van der Waals surface area contributed by atoms with E-state index in [0.29, 0.717) is 18.1 Å². The van der Waals surface area contributed by atoms with Crippen molar-refractivity contribution in [2.45, 2.75) is 6.54 Å². The van der Waals surface area contributed by atoms with E-state index in [1.54, 1.807) is 31.6 Å². The molecular weight excluding hydrogens is 220 g/mol. The number of H-pyrrole nitrogens is 1. The fourth-order valence-corrected chi connectivity index (χ4v) is 1.24. The first-order valence-electron chi connectivity index (χ1n) is 5.07. The Morgan fingerprint density at radius 2 is 2.29 bits per heavy atom. The van der Waals surface area contributed by atoms with Gasteiger partial charge in [-0.05, 0) is 12.1 Å². The highest BCUT2D eigenvalue weighted by Crippen LogP contribution is 2.04. The molecule has 0 spiro atoms. The predicted molar refractivity (Wildman–Crippen MR) is 61.3 cm³/mol. The molecule has 2 aromatic heterocycles. The van der Waals surface area contributed by atoms with E-state index < -0.39 is 0 Å². The van der Waals surface area contributed by atoms with Gasteiger partial charge >= 0.3 is 0 Å². The Kier molecular flexibility index (Phi) is 3.29. The Morgan fingerprint density at radius 3 is 2.88 bits per heavy atom. The molecule has 0 fully saturated rings. The van der Waals surface area contributed by atoms with Crippen LogP contribution in [0.25, 0.3) is 0 Å². The SMILES string of the molecule is CNC(=O)c1ccc(NCc2cn[nH]c2)nn1. The van der Waals surface area contributed by atoms with Crippen molar-refractivity contribution in [1.82, 2.24) is 25.7 Å². The number of nitrogens with zero attached hydrogens (tertiary/aromatic N) is 3. The molecule has 0 bridgehead atoms. The lowest BCUT2D eigenvalue weighted by Gasteiger charge is -2.03. The topological polar surface area (TPSA) is 95.6 Å². The highest BCUT2D eigenvalue weighted by atomic mass is 16.1. The average Bonchev–Trinajstić information content (AvgIpc) is 2.89. The third-order valence-corrected chi connectivity index (χ3v) is 2.15. The summed E-state index contributed by atoms with van der Waals surface area (Å²) < 4.78 is 0. The molecule has 0 aliphatic rings. The quantitative estimate of drug-likeness (QED) is 0.698. The molecule has 0 aromatic carbocycles. The summed E-state index contributed by atoms with van der Waals surface area (Å²) in [6.45, 7) is 0.602. The Hall–Kier alpha value is -2.44. The van der Waals surface area contributed by atoms with Crippen LogP contribution in [0.1, 0.15) is 16.1 Å². The number of aromatic nitrogens is 4. The maximum atomic E-state index is 11.2. The number of hydrogen-bond acceptors (Lipinski definition) is 5. The average molecular weight is 232 g/mol. The fraction of sp³-hybridized carbons (Fsp3) is 0.200. The minimum absolute atomic E-state index is 0.251. The number of carbonyl (C=O) groups is 1. The number of aromatic amines is 1. The minimum Gasteiger partial charge on any atom is -0.364 e. The van der Waals surface area contributed by atoms with Crippen LogP contribution in [0, 0.1) is 0 Å². The molecular formula is C10H12N6O. The van der Waals surface area contributed by atoms with Crippen molar-refractivity contribution in [3.8, 4) is 0 Å². The van der Waals surface area contributed by atoms with Gasteiger partial charge in [0.25, 0.3) is 5.91 Å². The Bertz CT molecular complexity index is 478. The molecule has 7 heteroatoms. The largest absolute Gasteiger partial charge is 0.364 e. The molecule has 0 radical (unpaired) electrons. The van der Waals surface area contributed by atoms with Gasteiger partial charge in [-0.15, -0.1) is 10.2 Å². The summed E-state index contributed by atoms with van der Waals surface area (Å²) in [5, 5.41) is 19.8. The van der Waals surface area contributed by atoms with Gasteiger partial charge in [-0.1, -0.05) is 0 Å². The van der Waals surface area contributed by atoms with Gasteiger partial charge in [0, 0.05) is 25.4 Å². The van der Waals surface area contributed by atoms with Gasteiger partial charge in [-0.3, -0.25) is 9.89 Å². The normalized spacial score (nSPS) is 9.94. The number of rotatable bonds is 4. The number of anilines is 1. The van der Waals surface area contributed by atoms with E-state index in [9.17, 15) is 4.79 Å². The minimum atomic E-state index is -0.251. The molecule has 2 rings (SSSR count). The standard InChI is InChI=1S/C10H12N6O/c1-11-10(17)8-2-3-9(16-15-8)12-4-7-5-13-14-6-7/h2-3,5-6H,4H2,1H3,(H,11,17)(H,12,16)(H,13,14). The van der Waals surface area contributed by atoms with Crippen molar-refractivity contribution in [3.63, 3.8) is 0 Å². The second-order valence-electron chi connectivity index (χ2n) is 3.34. The number of nitrogens with one attached hydrogen (secondary N) is 3. The lowest BCUT2D eigenvalue weighted by molar-refractivity contribution is 0.0957. The van der Waals surface area contributed by atoms with Crippen LogP contribution in [0.3, 0.4) is 0 Å². The highest BCUT2D eigenvalue weighted by molar-refractivity contribution is 5.91.